The van der Waals surface area contributed by atoms with Gasteiger partial charge in [-0.15, -0.1) is 0 Å². The van der Waals surface area contributed by atoms with Gasteiger partial charge >= 0.3 is 0 Å². The van der Waals surface area contributed by atoms with Crippen LogP contribution in [0.3, 0.4) is 0 Å². The average molecular weight is 377 g/mol. The van der Waals surface area contributed by atoms with E-state index in [1.54, 1.807) is 7.05 Å². The van der Waals surface area contributed by atoms with Gasteiger partial charge in [0.25, 0.3) is 0 Å². The second kappa shape index (κ2) is 6.60. The topological polar surface area (TPSA) is 88.3 Å². The molecule has 0 atom stereocenters. The summed E-state index contributed by atoms with van der Waals surface area (Å²) in [6, 6.07) is 1.57. The zero-order valence-electron chi connectivity index (χ0n) is 12.2. The third kappa shape index (κ3) is 3.56. The number of halogens is 1. The van der Waals surface area contributed by atoms with E-state index in [9.17, 15) is 8.42 Å². The van der Waals surface area contributed by atoms with Gasteiger partial charge in [0.05, 0.1) is 0 Å². The largest absolute Gasteiger partial charge is 0.307 e. The number of aromatic nitrogens is 1. The molecule has 118 valence electrons. The monoisotopic (exact) mass is 376 g/mol. The molecule has 1 aliphatic rings. The van der Waals surface area contributed by atoms with Crippen molar-refractivity contribution in [2.45, 2.75) is 43.5 Å². The van der Waals surface area contributed by atoms with Crippen molar-refractivity contribution in [3.8, 4) is 0 Å². The quantitative estimate of drug-likeness (QED) is 0.621. The highest BCUT2D eigenvalue weighted by Gasteiger charge is 2.32. The summed E-state index contributed by atoms with van der Waals surface area (Å²) in [6.45, 7) is 2.21. The van der Waals surface area contributed by atoms with E-state index in [1.807, 2.05) is 0 Å². The van der Waals surface area contributed by atoms with Crippen molar-refractivity contribution in [3.05, 3.63) is 16.7 Å². The number of sulfonamides is 1. The summed E-state index contributed by atoms with van der Waals surface area (Å²) < 4.78 is 27.7. The minimum Gasteiger partial charge on any atom is -0.307 e. The lowest BCUT2D eigenvalue weighted by molar-refractivity contribution is 0.246. The lowest BCUT2D eigenvalue weighted by Crippen LogP contribution is -2.39. The molecular formula is C13H21BrN4O2S. The van der Waals surface area contributed by atoms with Gasteiger partial charge in [-0.25, -0.2) is 19.2 Å². The van der Waals surface area contributed by atoms with E-state index < -0.39 is 10.0 Å². The zero-order valence-corrected chi connectivity index (χ0v) is 14.6. The van der Waals surface area contributed by atoms with Crippen molar-refractivity contribution < 1.29 is 8.42 Å². The molecular weight excluding hydrogens is 356 g/mol. The Morgan fingerprint density at radius 2 is 2.00 bits per heavy atom. The Kier molecular flexibility index (Phi) is 5.24. The summed E-state index contributed by atoms with van der Waals surface area (Å²) >= 11 is 3.26. The van der Waals surface area contributed by atoms with Gasteiger partial charge in [-0.3, -0.25) is 0 Å². The highest BCUT2D eigenvalue weighted by Crippen LogP contribution is 2.31. The molecule has 1 aromatic heterocycles. The Morgan fingerprint density at radius 3 is 2.57 bits per heavy atom. The first-order valence-electron chi connectivity index (χ1n) is 6.96. The van der Waals surface area contributed by atoms with Crippen LogP contribution >= 0.6 is 15.9 Å². The number of hydrogen-bond acceptors (Lipinski definition) is 5. The van der Waals surface area contributed by atoms with Gasteiger partial charge in [0, 0.05) is 23.8 Å². The summed E-state index contributed by atoms with van der Waals surface area (Å²) in [5.41, 5.74) is 2.36. The van der Waals surface area contributed by atoms with Crippen molar-refractivity contribution in [2.75, 3.05) is 12.5 Å². The second-order valence-corrected chi connectivity index (χ2v) is 8.46. The minimum atomic E-state index is -3.62. The third-order valence-corrected chi connectivity index (χ3v) is 6.47. The number of hydrazine groups is 1. The number of nitrogens with two attached hydrogens (primary N) is 1. The van der Waals surface area contributed by atoms with E-state index >= 15 is 0 Å². The molecule has 0 aromatic carbocycles. The summed E-state index contributed by atoms with van der Waals surface area (Å²) in [6.07, 6.45) is 5.41. The molecule has 0 unspecified atom stereocenters. The molecule has 0 saturated heterocycles. The molecule has 21 heavy (non-hydrogen) atoms. The van der Waals surface area contributed by atoms with Gasteiger partial charge in [-0.2, -0.15) is 4.31 Å². The van der Waals surface area contributed by atoms with Crippen molar-refractivity contribution in [2.24, 2.45) is 11.8 Å². The van der Waals surface area contributed by atoms with Gasteiger partial charge in [0.1, 0.15) is 4.90 Å². The van der Waals surface area contributed by atoms with Crippen LogP contribution in [-0.4, -0.2) is 30.8 Å². The fourth-order valence-corrected chi connectivity index (χ4v) is 4.71. The fourth-order valence-electron chi connectivity index (χ4n) is 2.68. The predicted molar refractivity (Wildman–Crippen MR) is 86.1 cm³/mol. The summed E-state index contributed by atoms with van der Waals surface area (Å²) in [5.74, 6) is 6.22. The highest BCUT2D eigenvalue weighted by molar-refractivity contribution is 9.10. The molecule has 2 rings (SSSR count). The second-order valence-electron chi connectivity index (χ2n) is 5.58. The molecule has 1 aromatic rings. The molecule has 0 aliphatic heterocycles. The first kappa shape index (κ1) is 16.7. The average Bonchev–Trinajstić information content (AvgIpc) is 2.47. The first-order chi connectivity index (χ1) is 9.86. The van der Waals surface area contributed by atoms with E-state index in [4.69, 9.17) is 5.84 Å². The van der Waals surface area contributed by atoms with Gasteiger partial charge in [-0.05, 0) is 53.6 Å². The summed E-state index contributed by atoms with van der Waals surface area (Å²) in [4.78, 5) is 4.11. The smallest absolute Gasteiger partial charge is 0.246 e. The number of pyridine rings is 1. The van der Waals surface area contributed by atoms with Crippen molar-refractivity contribution in [3.63, 3.8) is 0 Å². The van der Waals surface area contributed by atoms with Crippen molar-refractivity contribution in [1.29, 1.82) is 0 Å². The Balaban J connectivity index is 2.31. The van der Waals surface area contributed by atoms with Crippen LogP contribution in [0.25, 0.3) is 0 Å². The van der Waals surface area contributed by atoms with Crippen molar-refractivity contribution >= 4 is 31.8 Å². The van der Waals surface area contributed by atoms with Crippen LogP contribution in [0.2, 0.25) is 0 Å². The maximum atomic E-state index is 12.8. The third-order valence-electron chi connectivity index (χ3n) is 4.11. The first-order valence-corrected chi connectivity index (χ1v) is 9.19. The Morgan fingerprint density at radius 1 is 1.38 bits per heavy atom. The van der Waals surface area contributed by atoms with E-state index in [0.717, 1.165) is 25.7 Å². The van der Waals surface area contributed by atoms with Crippen molar-refractivity contribution in [1.82, 2.24) is 9.29 Å². The van der Waals surface area contributed by atoms with Crippen LogP contribution in [0, 0.1) is 5.92 Å². The molecule has 3 N–H and O–H groups in total. The van der Waals surface area contributed by atoms with Crippen LogP contribution < -0.4 is 11.3 Å². The standard InChI is InChI=1S/C13H21BrN4O2S/c1-9-3-5-11(6-4-9)18(2)21(19,20)12-7-10(14)8-16-13(12)17-15/h7-9,11H,3-6,15H2,1-2H3,(H,16,17). The molecule has 8 heteroatoms. The molecule has 6 nitrogen and oxygen atoms in total. The van der Waals surface area contributed by atoms with E-state index in [-0.39, 0.29) is 16.8 Å². The fraction of sp³-hybridized carbons (Fsp3) is 0.615. The SMILES string of the molecule is CC1CCC(N(C)S(=O)(=O)c2cc(Br)cnc2NN)CC1. The molecule has 1 aliphatic carbocycles. The minimum absolute atomic E-state index is 0.0378. The van der Waals surface area contributed by atoms with Crippen LogP contribution in [0.5, 0.6) is 0 Å². The van der Waals surface area contributed by atoms with Crippen LogP contribution in [-0.2, 0) is 10.0 Å². The maximum absolute atomic E-state index is 12.8. The zero-order chi connectivity index (χ0) is 15.6. The maximum Gasteiger partial charge on any atom is 0.246 e. The number of nitrogen functional groups attached to an aromatic ring is 1. The van der Waals surface area contributed by atoms with Gasteiger partial charge in [0.2, 0.25) is 10.0 Å². The van der Waals surface area contributed by atoms with Crippen LogP contribution in [0.4, 0.5) is 5.82 Å². The molecule has 0 bridgehead atoms. The predicted octanol–water partition coefficient (Wildman–Crippen LogP) is 2.33. The number of nitrogens with one attached hydrogen (secondary N) is 1. The van der Waals surface area contributed by atoms with Crippen LogP contribution in [0.1, 0.15) is 32.6 Å². The number of anilines is 1. The number of nitrogens with zero attached hydrogens (tertiary/aromatic N) is 2. The molecule has 0 radical (unpaired) electrons. The molecule has 1 saturated carbocycles. The Hall–Kier alpha value is -0.700. The highest BCUT2D eigenvalue weighted by atomic mass is 79.9. The number of hydrogen-bond donors (Lipinski definition) is 2. The molecule has 1 heterocycles. The lowest BCUT2D eigenvalue weighted by atomic mass is 9.87. The molecule has 0 amide bonds. The van der Waals surface area contributed by atoms with Gasteiger partial charge < -0.3 is 5.43 Å². The normalized spacial score (nSPS) is 23.3. The van der Waals surface area contributed by atoms with E-state index in [1.165, 1.54) is 16.6 Å². The Bertz CT molecular complexity index is 600. The van der Waals surface area contributed by atoms with E-state index in [0.29, 0.717) is 10.4 Å². The molecule has 0 spiro atoms. The lowest BCUT2D eigenvalue weighted by Gasteiger charge is -2.33. The van der Waals surface area contributed by atoms with Crippen LogP contribution in [0.15, 0.2) is 21.6 Å². The Labute approximate surface area is 134 Å². The summed E-state index contributed by atoms with van der Waals surface area (Å²) in [7, 11) is -1.99. The number of rotatable bonds is 4. The van der Waals surface area contributed by atoms with Gasteiger partial charge in [0.15, 0.2) is 5.82 Å². The summed E-state index contributed by atoms with van der Waals surface area (Å²) in [5, 5.41) is 0. The molecule has 1 fully saturated rings. The van der Waals surface area contributed by atoms with Gasteiger partial charge in [-0.1, -0.05) is 6.92 Å². The van der Waals surface area contributed by atoms with E-state index in [2.05, 4.69) is 33.3 Å².